The standard InChI is InChI=1S/C16H21IN4/c1-5-18-15-11(4)16(21-14(20-15)10(2)3)19-13-8-6-7-12(17)9-13/h6-10H,5H2,1-4H3,(H2,18,19,20,21). The fraction of sp³-hybridized carbons (Fsp3) is 0.375. The summed E-state index contributed by atoms with van der Waals surface area (Å²) in [6.07, 6.45) is 0. The Bertz CT molecular complexity index is 626. The molecule has 0 saturated carbocycles. The van der Waals surface area contributed by atoms with Crippen LogP contribution >= 0.6 is 22.6 Å². The number of hydrogen-bond acceptors (Lipinski definition) is 4. The van der Waals surface area contributed by atoms with Gasteiger partial charge in [-0.1, -0.05) is 19.9 Å². The second-order valence-electron chi connectivity index (χ2n) is 5.22. The number of rotatable bonds is 5. The van der Waals surface area contributed by atoms with Gasteiger partial charge in [-0.05, 0) is 54.6 Å². The van der Waals surface area contributed by atoms with Crippen LogP contribution in [-0.4, -0.2) is 16.5 Å². The van der Waals surface area contributed by atoms with Crippen LogP contribution in [0.5, 0.6) is 0 Å². The zero-order chi connectivity index (χ0) is 15.4. The fourth-order valence-electron chi connectivity index (χ4n) is 1.96. The van der Waals surface area contributed by atoms with Crippen molar-refractivity contribution >= 4 is 39.9 Å². The summed E-state index contributed by atoms with van der Waals surface area (Å²) in [5, 5.41) is 6.73. The zero-order valence-electron chi connectivity index (χ0n) is 12.9. The van der Waals surface area contributed by atoms with E-state index < -0.39 is 0 Å². The van der Waals surface area contributed by atoms with Crippen molar-refractivity contribution in [1.82, 2.24) is 9.97 Å². The van der Waals surface area contributed by atoms with Gasteiger partial charge in [0, 0.05) is 27.3 Å². The van der Waals surface area contributed by atoms with Gasteiger partial charge in [0.25, 0.3) is 0 Å². The van der Waals surface area contributed by atoms with Crippen molar-refractivity contribution in [1.29, 1.82) is 0 Å². The SMILES string of the molecule is CCNc1nc(C(C)C)nc(Nc2cccc(I)c2)c1C. The third kappa shape index (κ3) is 4.06. The maximum atomic E-state index is 4.67. The molecule has 5 heteroatoms. The lowest BCUT2D eigenvalue weighted by Gasteiger charge is -2.16. The molecule has 2 aromatic rings. The number of nitrogens with zero attached hydrogens (tertiary/aromatic N) is 2. The van der Waals surface area contributed by atoms with E-state index in [1.807, 2.05) is 19.1 Å². The summed E-state index contributed by atoms with van der Waals surface area (Å²) in [6.45, 7) is 9.17. The van der Waals surface area contributed by atoms with Gasteiger partial charge in [-0.3, -0.25) is 0 Å². The van der Waals surface area contributed by atoms with E-state index in [-0.39, 0.29) is 0 Å². The van der Waals surface area contributed by atoms with Gasteiger partial charge in [-0.25, -0.2) is 9.97 Å². The van der Waals surface area contributed by atoms with Crippen LogP contribution in [0.15, 0.2) is 24.3 Å². The highest BCUT2D eigenvalue weighted by molar-refractivity contribution is 14.1. The van der Waals surface area contributed by atoms with Gasteiger partial charge in [-0.15, -0.1) is 0 Å². The van der Waals surface area contributed by atoms with Gasteiger partial charge >= 0.3 is 0 Å². The fourth-order valence-corrected chi connectivity index (χ4v) is 2.50. The molecule has 2 rings (SSSR count). The Morgan fingerprint density at radius 1 is 1.19 bits per heavy atom. The molecule has 0 aliphatic heterocycles. The Kier molecular flexibility index (Phi) is 5.39. The average Bonchev–Trinajstić information content (AvgIpc) is 2.43. The van der Waals surface area contributed by atoms with E-state index in [9.17, 15) is 0 Å². The largest absolute Gasteiger partial charge is 0.370 e. The predicted octanol–water partition coefficient (Wildman–Crippen LogP) is 4.69. The van der Waals surface area contributed by atoms with Gasteiger partial charge < -0.3 is 10.6 Å². The second-order valence-corrected chi connectivity index (χ2v) is 6.47. The molecule has 1 aromatic heterocycles. The van der Waals surface area contributed by atoms with Gasteiger partial charge in [0.2, 0.25) is 0 Å². The Labute approximate surface area is 139 Å². The van der Waals surface area contributed by atoms with Crippen molar-refractivity contribution in [2.24, 2.45) is 0 Å². The van der Waals surface area contributed by atoms with Gasteiger partial charge in [0.15, 0.2) is 0 Å². The summed E-state index contributed by atoms with van der Waals surface area (Å²) >= 11 is 2.31. The molecule has 2 N–H and O–H groups in total. The first-order chi connectivity index (χ1) is 10.0. The lowest BCUT2D eigenvalue weighted by molar-refractivity contribution is 0.774. The molecule has 0 atom stereocenters. The molecule has 0 fully saturated rings. The van der Waals surface area contributed by atoms with Crippen LogP contribution in [0.1, 0.15) is 38.1 Å². The number of anilines is 3. The minimum Gasteiger partial charge on any atom is -0.370 e. The summed E-state index contributed by atoms with van der Waals surface area (Å²) in [5.74, 6) is 2.92. The van der Waals surface area contributed by atoms with Crippen molar-refractivity contribution in [3.63, 3.8) is 0 Å². The molecule has 0 spiro atoms. The van der Waals surface area contributed by atoms with E-state index in [1.165, 1.54) is 3.57 Å². The first-order valence-corrected chi connectivity index (χ1v) is 8.24. The maximum absolute atomic E-state index is 4.67. The van der Waals surface area contributed by atoms with Crippen LogP contribution in [0, 0.1) is 10.5 Å². The molecule has 0 aliphatic rings. The van der Waals surface area contributed by atoms with E-state index in [2.05, 4.69) is 76.1 Å². The van der Waals surface area contributed by atoms with Crippen LogP contribution in [0.25, 0.3) is 0 Å². The number of nitrogens with one attached hydrogen (secondary N) is 2. The number of halogens is 1. The normalized spacial score (nSPS) is 10.8. The smallest absolute Gasteiger partial charge is 0.139 e. The second kappa shape index (κ2) is 7.06. The lowest BCUT2D eigenvalue weighted by atomic mass is 10.2. The molecule has 0 amide bonds. The topological polar surface area (TPSA) is 49.8 Å². The highest BCUT2D eigenvalue weighted by Gasteiger charge is 2.13. The quantitative estimate of drug-likeness (QED) is 0.721. The first kappa shape index (κ1) is 16.0. The van der Waals surface area contributed by atoms with E-state index in [4.69, 9.17) is 0 Å². The molecule has 4 nitrogen and oxygen atoms in total. The highest BCUT2D eigenvalue weighted by atomic mass is 127. The maximum Gasteiger partial charge on any atom is 0.139 e. The van der Waals surface area contributed by atoms with Crippen molar-refractivity contribution in [2.45, 2.75) is 33.6 Å². The van der Waals surface area contributed by atoms with Crippen molar-refractivity contribution in [2.75, 3.05) is 17.2 Å². The number of aromatic nitrogens is 2. The monoisotopic (exact) mass is 396 g/mol. The molecule has 1 heterocycles. The molecule has 1 aromatic carbocycles. The summed E-state index contributed by atoms with van der Waals surface area (Å²) in [7, 11) is 0. The average molecular weight is 396 g/mol. The summed E-state index contributed by atoms with van der Waals surface area (Å²) in [4.78, 5) is 9.29. The van der Waals surface area contributed by atoms with Crippen LogP contribution in [0.3, 0.4) is 0 Å². The molecule has 112 valence electrons. The van der Waals surface area contributed by atoms with Gasteiger partial charge in [-0.2, -0.15) is 0 Å². The Morgan fingerprint density at radius 3 is 2.52 bits per heavy atom. The zero-order valence-corrected chi connectivity index (χ0v) is 15.0. The van der Waals surface area contributed by atoms with E-state index in [0.717, 1.165) is 35.3 Å². The Hall–Kier alpha value is -1.37. The Balaban J connectivity index is 2.41. The minimum atomic E-state index is 0.291. The van der Waals surface area contributed by atoms with Crippen LogP contribution in [0.4, 0.5) is 17.3 Å². The third-order valence-electron chi connectivity index (χ3n) is 3.11. The highest BCUT2D eigenvalue weighted by Crippen LogP contribution is 2.26. The lowest BCUT2D eigenvalue weighted by Crippen LogP contribution is -2.10. The predicted molar refractivity (Wildman–Crippen MR) is 97.5 cm³/mol. The molecule has 0 saturated heterocycles. The third-order valence-corrected chi connectivity index (χ3v) is 3.78. The van der Waals surface area contributed by atoms with Crippen LogP contribution < -0.4 is 10.6 Å². The molecule has 0 radical (unpaired) electrons. The van der Waals surface area contributed by atoms with E-state index >= 15 is 0 Å². The van der Waals surface area contributed by atoms with Crippen molar-refractivity contribution in [3.8, 4) is 0 Å². The van der Waals surface area contributed by atoms with Crippen LogP contribution in [0.2, 0.25) is 0 Å². The first-order valence-electron chi connectivity index (χ1n) is 7.16. The van der Waals surface area contributed by atoms with Gasteiger partial charge in [0.05, 0.1) is 0 Å². The number of benzene rings is 1. The summed E-state index contributed by atoms with van der Waals surface area (Å²) in [5.41, 5.74) is 2.08. The van der Waals surface area contributed by atoms with E-state index in [1.54, 1.807) is 0 Å². The Morgan fingerprint density at radius 2 is 1.90 bits per heavy atom. The molecule has 21 heavy (non-hydrogen) atoms. The molecular formula is C16H21IN4. The molecule has 0 aliphatic carbocycles. The van der Waals surface area contributed by atoms with Crippen LogP contribution in [-0.2, 0) is 0 Å². The summed E-state index contributed by atoms with van der Waals surface area (Å²) < 4.78 is 1.19. The van der Waals surface area contributed by atoms with E-state index in [0.29, 0.717) is 5.92 Å². The van der Waals surface area contributed by atoms with Gasteiger partial charge in [0.1, 0.15) is 17.5 Å². The van der Waals surface area contributed by atoms with Crippen molar-refractivity contribution < 1.29 is 0 Å². The molecule has 0 bridgehead atoms. The molecular weight excluding hydrogens is 375 g/mol. The minimum absolute atomic E-state index is 0.291. The summed E-state index contributed by atoms with van der Waals surface area (Å²) in [6, 6.07) is 8.26. The number of hydrogen-bond donors (Lipinski definition) is 2. The van der Waals surface area contributed by atoms with Crippen molar-refractivity contribution in [3.05, 3.63) is 39.2 Å². The molecule has 0 unspecified atom stereocenters.